The number of thioether (sulfide) groups is 1. The molecule has 0 radical (unpaired) electrons. The summed E-state index contributed by atoms with van der Waals surface area (Å²) in [5.41, 5.74) is 0.958. The number of carbonyl (C=O) groups is 2. The van der Waals surface area contributed by atoms with E-state index in [2.05, 4.69) is 4.98 Å². The lowest BCUT2D eigenvalue weighted by Crippen LogP contribution is -2.49. The number of benzene rings is 1. The van der Waals surface area contributed by atoms with E-state index < -0.39 is 6.04 Å². The smallest absolute Gasteiger partial charge is 0.328 e. The fourth-order valence-electron chi connectivity index (χ4n) is 2.83. The maximum atomic E-state index is 12.6. The first kappa shape index (κ1) is 17.2. The van der Waals surface area contributed by atoms with Crippen molar-refractivity contribution in [3.8, 4) is 0 Å². The average molecular weight is 364 g/mol. The number of ether oxygens (including phenoxy) is 1. The number of esters is 1. The van der Waals surface area contributed by atoms with Crippen molar-refractivity contribution < 1.29 is 14.3 Å². The van der Waals surface area contributed by atoms with Crippen molar-refractivity contribution in [1.29, 1.82) is 0 Å². The van der Waals surface area contributed by atoms with Gasteiger partial charge in [0.25, 0.3) is 0 Å². The van der Waals surface area contributed by atoms with Crippen LogP contribution in [0, 0.1) is 0 Å². The van der Waals surface area contributed by atoms with Crippen LogP contribution >= 0.6 is 23.1 Å². The van der Waals surface area contributed by atoms with E-state index in [-0.39, 0.29) is 11.9 Å². The van der Waals surface area contributed by atoms with E-state index in [9.17, 15) is 9.59 Å². The topological polar surface area (TPSA) is 59.5 Å². The summed E-state index contributed by atoms with van der Waals surface area (Å²) in [5, 5.41) is 0. The Hall–Kier alpha value is -1.60. The molecule has 0 saturated carbocycles. The fourth-order valence-corrected chi connectivity index (χ4v) is 4.79. The maximum Gasteiger partial charge on any atom is 0.328 e. The number of aromatic nitrogens is 1. The lowest BCUT2D eigenvalue weighted by atomic mass is 10.0. The van der Waals surface area contributed by atoms with Crippen molar-refractivity contribution in [2.45, 2.75) is 36.6 Å². The zero-order chi connectivity index (χ0) is 16.9. The third kappa shape index (κ3) is 3.89. The van der Waals surface area contributed by atoms with Gasteiger partial charge in [-0.15, -0.1) is 11.3 Å². The molecule has 7 heteroatoms. The summed E-state index contributed by atoms with van der Waals surface area (Å²) < 4.78 is 7.12. The summed E-state index contributed by atoms with van der Waals surface area (Å²) in [6, 6.07) is 7.51. The summed E-state index contributed by atoms with van der Waals surface area (Å²) >= 11 is 3.03. The molecule has 3 rings (SSSR count). The van der Waals surface area contributed by atoms with Gasteiger partial charge >= 0.3 is 5.97 Å². The minimum absolute atomic E-state index is 0.0167. The molecule has 0 bridgehead atoms. The van der Waals surface area contributed by atoms with Crippen molar-refractivity contribution in [2.75, 3.05) is 18.9 Å². The first-order valence-corrected chi connectivity index (χ1v) is 9.93. The molecule has 24 heavy (non-hydrogen) atoms. The van der Waals surface area contributed by atoms with Gasteiger partial charge in [0.2, 0.25) is 5.91 Å². The number of likely N-dealkylation sites (tertiary alicyclic amines) is 1. The van der Waals surface area contributed by atoms with Crippen LogP contribution in [0.4, 0.5) is 0 Å². The van der Waals surface area contributed by atoms with Crippen LogP contribution < -0.4 is 0 Å². The number of carbonyl (C=O) groups excluding carboxylic acids is 2. The van der Waals surface area contributed by atoms with Crippen molar-refractivity contribution in [2.24, 2.45) is 0 Å². The molecule has 1 aliphatic rings. The van der Waals surface area contributed by atoms with Crippen molar-refractivity contribution >= 4 is 45.2 Å². The monoisotopic (exact) mass is 364 g/mol. The van der Waals surface area contributed by atoms with Crippen molar-refractivity contribution in [3.63, 3.8) is 0 Å². The summed E-state index contributed by atoms with van der Waals surface area (Å²) in [5.74, 6) is 0.00275. The molecule has 5 nitrogen and oxygen atoms in total. The second-order valence-electron chi connectivity index (χ2n) is 5.59. The van der Waals surface area contributed by atoms with E-state index in [0.717, 1.165) is 27.4 Å². The normalized spacial score (nSPS) is 17.9. The third-order valence-electron chi connectivity index (χ3n) is 3.98. The van der Waals surface area contributed by atoms with Crippen LogP contribution in [0.1, 0.15) is 26.2 Å². The maximum absolute atomic E-state index is 12.6. The van der Waals surface area contributed by atoms with Gasteiger partial charge in [0.15, 0.2) is 4.34 Å². The van der Waals surface area contributed by atoms with Gasteiger partial charge in [0.05, 0.1) is 22.6 Å². The van der Waals surface area contributed by atoms with E-state index in [1.807, 2.05) is 24.3 Å². The first-order chi connectivity index (χ1) is 11.7. The number of rotatable bonds is 5. The molecule has 0 spiro atoms. The second-order valence-corrected chi connectivity index (χ2v) is 7.84. The van der Waals surface area contributed by atoms with Gasteiger partial charge in [-0.2, -0.15) is 0 Å². The summed E-state index contributed by atoms with van der Waals surface area (Å²) in [7, 11) is 0. The van der Waals surface area contributed by atoms with Gasteiger partial charge in [-0.25, -0.2) is 9.78 Å². The standard InChI is InChI=1S/C17H20N2O3S2/c1-2-22-16(21)13-8-5-6-10-19(13)15(20)11-23-17-18-12-7-3-4-9-14(12)24-17/h3-4,7,9,13H,2,5-6,8,10-11H2,1H3/t13-/m0/s1. The minimum Gasteiger partial charge on any atom is -0.464 e. The fraction of sp³-hybridized carbons (Fsp3) is 0.471. The Balaban J connectivity index is 1.63. The van der Waals surface area contributed by atoms with Crippen LogP contribution in [-0.2, 0) is 14.3 Å². The summed E-state index contributed by atoms with van der Waals surface area (Å²) in [4.78, 5) is 30.9. The van der Waals surface area contributed by atoms with Crippen molar-refractivity contribution in [1.82, 2.24) is 9.88 Å². The van der Waals surface area contributed by atoms with E-state index in [0.29, 0.717) is 25.3 Å². The summed E-state index contributed by atoms with van der Waals surface area (Å²) in [6.07, 6.45) is 2.59. The lowest BCUT2D eigenvalue weighted by Gasteiger charge is -2.33. The number of amides is 1. The predicted octanol–water partition coefficient (Wildman–Crippen LogP) is 3.33. The van der Waals surface area contributed by atoms with Gasteiger partial charge < -0.3 is 9.64 Å². The Morgan fingerprint density at radius 1 is 1.38 bits per heavy atom. The molecule has 1 aromatic carbocycles. The lowest BCUT2D eigenvalue weighted by molar-refractivity contribution is -0.155. The van der Waals surface area contributed by atoms with Crippen LogP contribution in [0.15, 0.2) is 28.6 Å². The zero-order valence-electron chi connectivity index (χ0n) is 13.6. The SMILES string of the molecule is CCOC(=O)[C@@H]1CCCCN1C(=O)CSc1nc2ccccc2s1. The van der Waals surface area contributed by atoms with Gasteiger partial charge in [-0.3, -0.25) is 4.79 Å². The van der Waals surface area contributed by atoms with E-state index in [1.165, 1.54) is 11.8 Å². The number of thiazole rings is 1. The number of para-hydroxylation sites is 1. The quantitative estimate of drug-likeness (QED) is 0.602. The van der Waals surface area contributed by atoms with Gasteiger partial charge in [0.1, 0.15) is 6.04 Å². The highest BCUT2D eigenvalue weighted by molar-refractivity contribution is 8.01. The third-order valence-corrected chi connectivity index (χ3v) is 6.14. The molecule has 2 aromatic rings. The van der Waals surface area contributed by atoms with Crippen LogP contribution in [0.5, 0.6) is 0 Å². The molecule has 0 aliphatic carbocycles. The molecule has 1 amide bonds. The largest absolute Gasteiger partial charge is 0.464 e. The molecule has 1 aromatic heterocycles. The molecule has 1 saturated heterocycles. The number of piperidine rings is 1. The Morgan fingerprint density at radius 3 is 3.00 bits per heavy atom. The highest BCUT2D eigenvalue weighted by atomic mass is 32.2. The molecule has 1 fully saturated rings. The van der Waals surface area contributed by atoms with Gasteiger partial charge in [-0.1, -0.05) is 23.9 Å². The van der Waals surface area contributed by atoms with Crippen LogP contribution in [0.3, 0.4) is 0 Å². The number of fused-ring (bicyclic) bond motifs is 1. The van der Waals surface area contributed by atoms with Crippen LogP contribution in [-0.4, -0.2) is 46.7 Å². The Kier molecular flexibility index (Phi) is 5.73. The average Bonchev–Trinajstić information content (AvgIpc) is 3.03. The van der Waals surface area contributed by atoms with Gasteiger partial charge in [0, 0.05) is 6.54 Å². The molecule has 1 aliphatic heterocycles. The second kappa shape index (κ2) is 7.98. The van der Waals surface area contributed by atoms with E-state index in [1.54, 1.807) is 23.2 Å². The summed E-state index contributed by atoms with van der Waals surface area (Å²) in [6.45, 7) is 2.76. The minimum atomic E-state index is -0.429. The Bertz CT molecular complexity index is 698. The van der Waals surface area contributed by atoms with Crippen LogP contribution in [0.2, 0.25) is 0 Å². The molecular formula is C17H20N2O3S2. The number of hydrogen-bond donors (Lipinski definition) is 0. The highest BCUT2D eigenvalue weighted by Crippen LogP contribution is 2.30. The molecule has 128 valence electrons. The Labute approximate surface area is 149 Å². The van der Waals surface area contributed by atoms with E-state index in [4.69, 9.17) is 4.74 Å². The molecule has 1 atom stereocenters. The number of nitrogens with zero attached hydrogens (tertiary/aromatic N) is 2. The van der Waals surface area contributed by atoms with E-state index >= 15 is 0 Å². The first-order valence-electron chi connectivity index (χ1n) is 8.13. The highest BCUT2D eigenvalue weighted by Gasteiger charge is 2.33. The molecule has 0 N–H and O–H groups in total. The Morgan fingerprint density at radius 2 is 2.21 bits per heavy atom. The molecular weight excluding hydrogens is 344 g/mol. The number of hydrogen-bond acceptors (Lipinski definition) is 6. The zero-order valence-corrected chi connectivity index (χ0v) is 15.2. The predicted molar refractivity (Wildman–Crippen MR) is 96.3 cm³/mol. The van der Waals surface area contributed by atoms with Crippen molar-refractivity contribution in [3.05, 3.63) is 24.3 Å². The van der Waals surface area contributed by atoms with Crippen LogP contribution in [0.25, 0.3) is 10.2 Å². The molecule has 0 unspecified atom stereocenters. The van der Waals surface area contributed by atoms with Gasteiger partial charge in [-0.05, 0) is 38.3 Å². The molecule has 2 heterocycles.